The monoisotopic (exact) mass is 299 g/mol. The van der Waals surface area contributed by atoms with Crippen molar-refractivity contribution in [2.24, 2.45) is 0 Å². The molecule has 3 nitrogen and oxygen atoms in total. The molecule has 0 bridgehead atoms. The lowest BCUT2D eigenvalue weighted by atomic mass is 10.2. The van der Waals surface area contributed by atoms with Crippen LogP contribution in [0.2, 0.25) is 0 Å². The minimum atomic E-state index is 0.254. The second-order valence-electron chi connectivity index (χ2n) is 4.20. The molecule has 4 heteroatoms. The Morgan fingerprint density at radius 1 is 1.53 bits per heavy atom. The number of halogens is 1. The summed E-state index contributed by atoms with van der Waals surface area (Å²) >= 11 is 3.53. The molecule has 1 aromatic rings. The summed E-state index contributed by atoms with van der Waals surface area (Å²) in [6.07, 6.45) is 2.50. The number of ether oxygens (including phenoxy) is 2. The molecule has 1 aliphatic heterocycles. The van der Waals surface area contributed by atoms with Crippen molar-refractivity contribution in [3.05, 3.63) is 28.2 Å². The lowest BCUT2D eigenvalue weighted by Gasteiger charge is -2.16. The largest absolute Gasteiger partial charge is 0.489 e. The van der Waals surface area contributed by atoms with Gasteiger partial charge in [0.2, 0.25) is 0 Å². The summed E-state index contributed by atoms with van der Waals surface area (Å²) in [4.78, 5) is 0. The van der Waals surface area contributed by atoms with Crippen LogP contribution < -0.4 is 10.1 Å². The highest BCUT2D eigenvalue weighted by molar-refractivity contribution is 9.10. The van der Waals surface area contributed by atoms with E-state index in [2.05, 4.69) is 27.3 Å². The predicted molar refractivity (Wildman–Crippen MR) is 71.4 cm³/mol. The molecule has 1 saturated heterocycles. The fourth-order valence-electron chi connectivity index (χ4n) is 2.00. The second-order valence-corrected chi connectivity index (χ2v) is 5.06. The number of hydrogen-bond donors (Lipinski definition) is 1. The molecule has 1 aromatic carbocycles. The molecule has 0 aromatic heterocycles. The minimum absolute atomic E-state index is 0.254. The maximum Gasteiger partial charge on any atom is 0.138 e. The Labute approximate surface area is 111 Å². The van der Waals surface area contributed by atoms with Crippen LogP contribution in [0.15, 0.2) is 22.7 Å². The van der Waals surface area contributed by atoms with Gasteiger partial charge in [-0.2, -0.15) is 0 Å². The first kappa shape index (κ1) is 12.9. The highest BCUT2D eigenvalue weighted by Gasteiger charge is 2.17. The van der Waals surface area contributed by atoms with E-state index in [9.17, 15) is 0 Å². The molecule has 17 heavy (non-hydrogen) atoms. The van der Waals surface area contributed by atoms with E-state index < -0.39 is 0 Å². The van der Waals surface area contributed by atoms with E-state index in [0.29, 0.717) is 6.61 Å². The van der Waals surface area contributed by atoms with Crippen LogP contribution in [-0.2, 0) is 11.3 Å². The maximum atomic E-state index is 5.89. The van der Waals surface area contributed by atoms with Crippen molar-refractivity contribution < 1.29 is 9.47 Å². The molecule has 1 atom stereocenters. The van der Waals surface area contributed by atoms with Crippen LogP contribution in [0.3, 0.4) is 0 Å². The first-order chi connectivity index (χ1) is 8.31. The molecular formula is C13H18BrNO2. The first-order valence-electron chi connectivity index (χ1n) is 5.97. The molecule has 1 aliphatic rings. The fraction of sp³-hybridized carbons (Fsp3) is 0.538. The number of para-hydroxylation sites is 1. The highest BCUT2D eigenvalue weighted by atomic mass is 79.9. The SMILES string of the molecule is CNCc1cccc(Br)c1OC[C@H]1CCCO1. The Morgan fingerprint density at radius 2 is 2.41 bits per heavy atom. The van der Waals surface area contributed by atoms with Gasteiger partial charge in [-0.1, -0.05) is 12.1 Å². The summed E-state index contributed by atoms with van der Waals surface area (Å²) in [5.41, 5.74) is 1.17. The van der Waals surface area contributed by atoms with Crippen LogP contribution in [0.1, 0.15) is 18.4 Å². The average Bonchev–Trinajstić information content (AvgIpc) is 2.82. The van der Waals surface area contributed by atoms with Crippen LogP contribution in [0.25, 0.3) is 0 Å². The van der Waals surface area contributed by atoms with E-state index in [1.165, 1.54) is 5.56 Å². The molecule has 0 saturated carbocycles. The third kappa shape index (κ3) is 3.44. The number of hydrogen-bond acceptors (Lipinski definition) is 3. The fourth-order valence-corrected chi connectivity index (χ4v) is 2.52. The molecule has 0 spiro atoms. The van der Waals surface area contributed by atoms with Gasteiger partial charge in [-0.3, -0.25) is 0 Å². The predicted octanol–water partition coefficient (Wildman–Crippen LogP) is 2.73. The molecular weight excluding hydrogens is 282 g/mol. The minimum Gasteiger partial charge on any atom is -0.489 e. The van der Waals surface area contributed by atoms with E-state index in [1.807, 2.05) is 19.2 Å². The van der Waals surface area contributed by atoms with Crippen LogP contribution in [-0.4, -0.2) is 26.4 Å². The van der Waals surface area contributed by atoms with E-state index in [1.54, 1.807) is 0 Å². The normalized spacial score (nSPS) is 19.5. The Hall–Kier alpha value is -0.580. The number of benzene rings is 1. The van der Waals surface area contributed by atoms with Gasteiger partial charge in [0.15, 0.2) is 0 Å². The highest BCUT2D eigenvalue weighted by Crippen LogP contribution is 2.29. The summed E-state index contributed by atoms with van der Waals surface area (Å²) in [5.74, 6) is 0.928. The lowest BCUT2D eigenvalue weighted by molar-refractivity contribution is 0.0673. The smallest absolute Gasteiger partial charge is 0.138 e. The van der Waals surface area contributed by atoms with Crippen molar-refractivity contribution >= 4 is 15.9 Å². The van der Waals surface area contributed by atoms with Gasteiger partial charge in [0.05, 0.1) is 10.6 Å². The molecule has 1 N–H and O–H groups in total. The average molecular weight is 300 g/mol. The van der Waals surface area contributed by atoms with Gasteiger partial charge >= 0.3 is 0 Å². The molecule has 0 unspecified atom stereocenters. The zero-order chi connectivity index (χ0) is 12.1. The molecule has 0 radical (unpaired) electrons. The van der Waals surface area contributed by atoms with E-state index in [4.69, 9.17) is 9.47 Å². The third-order valence-electron chi connectivity index (χ3n) is 2.85. The van der Waals surface area contributed by atoms with Gasteiger partial charge in [-0.25, -0.2) is 0 Å². The van der Waals surface area contributed by atoms with E-state index in [0.717, 1.165) is 36.2 Å². The Morgan fingerprint density at radius 3 is 3.12 bits per heavy atom. The van der Waals surface area contributed by atoms with E-state index in [-0.39, 0.29) is 6.10 Å². The second kappa shape index (κ2) is 6.38. The molecule has 0 amide bonds. The summed E-state index contributed by atoms with van der Waals surface area (Å²) in [5, 5.41) is 3.15. The van der Waals surface area contributed by atoms with Gasteiger partial charge in [0, 0.05) is 18.7 Å². The molecule has 1 fully saturated rings. The Kier molecular flexibility index (Phi) is 4.83. The quantitative estimate of drug-likeness (QED) is 0.907. The van der Waals surface area contributed by atoms with Crippen molar-refractivity contribution in [1.82, 2.24) is 5.32 Å². The van der Waals surface area contributed by atoms with Gasteiger partial charge in [-0.05, 0) is 41.9 Å². The van der Waals surface area contributed by atoms with Crippen molar-refractivity contribution in [2.45, 2.75) is 25.5 Å². The molecule has 0 aliphatic carbocycles. The Bertz CT molecular complexity index is 364. The zero-order valence-corrected chi connectivity index (χ0v) is 11.6. The van der Waals surface area contributed by atoms with Crippen molar-refractivity contribution in [1.29, 1.82) is 0 Å². The van der Waals surface area contributed by atoms with Gasteiger partial charge in [0.1, 0.15) is 12.4 Å². The topological polar surface area (TPSA) is 30.5 Å². The lowest BCUT2D eigenvalue weighted by Crippen LogP contribution is -2.17. The third-order valence-corrected chi connectivity index (χ3v) is 3.48. The van der Waals surface area contributed by atoms with E-state index >= 15 is 0 Å². The molecule has 2 rings (SSSR count). The van der Waals surface area contributed by atoms with Crippen molar-refractivity contribution in [2.75, 3.05) is 20.3 Å². The van der Waals surface area contributed by atoms with Gasteiger partial charge in [-0.15, -0.1) is 0 Å². The summed E-state index contributed by atoms with van der Waals surface area (Å²) in [7, 11) is 1.94. The van der Waals surface area contributed by atoms with Crippen LogP contribution in [0.4, 0.5) is 0 Å². The summed E-state index contributed by atoms with van der Waals surface area (Å²) in [6.45, 7) is 2.31. The number of rotatable bonds is 5. The van der Waals surface area contributed by atoms with Crippen LogP contribution >= 0.6 is 15.9 Å². The Balaban J connectivity index is 2.02. The van der Waals surface area contributed by atoms with Crippen molar-refractivity contribution in [3.8, 4) is 5.75 Å². The van der Waals surface area contributed by atoms with Gasteiger partial charge < -0.3 is 14.8 Å². The zero-order valence-electron chi connectivity index (χ0n) is 10.0. The standard InChI is InChI=1S/C13H18BrNO2/c1-15-8-10-4-2-6-12(14)13(10)17-9-11-5-3-7-16-11/h2,4,6,11,15H,3,5,7-9H2,1H3/t11-/m1/s1. The number of nitrogens with one attached hydrogen (secondary N) is 1. The molecule has 1 heterocycles. The van der Waals surface area contributed by atoms with Crippen LogP contribution in [0, 0.1) is 0 Å². The van der Waals surface area contributed by atoms with Crippen LogP contribution in [0.5, 0.6) is 5.75 Å². The molecule has 94 valence electrons. The van der Waals surface area contributed by atoms with Gasteiger partial charge in [0.25, 0.3) is 0 Å². The summed E-state index contributed by atoms with van der Waals surface area (Å²) < 4.78 is 12.5. The maximum absolute atomic E-state index is 5.89. The summed E-state index contributed by atoms with van der Waals surface area (Å²) in [6, 6.07) is 6.10. The van der Waals surface area contributed by atoms with Crippen molar-refractivity contribution in [3.63, 3.8) is 0 Å². The first-order valence-corrected chi connectivity index (χ1v) is 6.77.